The molecule has 20 heteroatoms. The first-order valence-electron chi connectivity index (χ1n) is 27.4. The summed E-state index contributed by atoms with van der Waals surface area (Å²) in [6, 6.07) is 35.3. The summed E-state index contributed by atoms with van der Waals surface area (Å²) in [5.74, 6) is 0. The summed E-state index contributed by atoms with van der Waals surface area (Å²) in [6.45, 7) is 5.72. The molecule has 0 saturated carbocycles. The molecular weight excluding hydrogens is 1210 g/mol. The SMILES string of the molecule is Cc1ccc(-c2ccc3c4ccc(-c5ccc(C(F)(F)F)cc5C)cc4n(-c4ccc(C(F)(F)F)c(-c5cc(-n6c7cc(-c8ccc(C(F)(F)F)cc8C)ccc7c7ccc(-c8ccc(C)cc8C(F)(F)F)cc76)ccc5C(F)(F)F)c4)c3c2)c(C(F)(F)F)c1. The second kappa shape index (κ2) is 21.1. The molecule has 0 aliphatic heterocycles. The Morgan fingerprint density at radius 3 is 0.800 bits per heavy atom. The smallest absolute Gasteiger partial charge is 0.309 e. The number of aryl methyl sites for hydroxylation is 4. The van der Waals surface area contributed by atoms with Crippen LogP contribution in [0.3, 0.4) is 0 Å². The van der Waals surface area contributed by atoms with Gasteiger partial charge in [0.25, 0.3) is 0 Å². The van der Waals surface area contributed by atoms with Gasteiger partial charge in [0.05, 0.1) is 55.4 Å². The number of rotatable bonds is 7. The molecule has 0 N–H and O–H groups in total. The van der Waals surface area contributed by atoms with Crippen molar-refractivity contribution in [1.82, 2.24) is 9.13 Å². The maximum atomic E-state index is 15.8. The first-order valence-corrected chi connectivity index (χ1v) is 27.4. The second-order valence-electron chi connectivity index (χ2n) is 22.2. The molecular formula is C70H42F18N2. The van der Waals surface area contributed by atoms with E-state index in [1.54, 1.807) is 24.3 Å². The van der Waals surface area contributed by atoms with Crippen LogP contribution in [0.1, 0.15) is 55.6 Å². The van der Waals surface area contributed by atoms with Gasteiger partial charge in [-0.25, -0.2) is 0 Å². The molecule has 0 aliphatic rings. The van der Waals surface area contributed by atoms with Crippen LogP contribution in [-0.2, 0) is 37.1 Å². The summed E-state index contributed by atoms with van der Waals surface area (Å²) in [4.78, 5) is 0. The average Bonchev–Trinajstić information content (AvgIpc) is 1.55. The molecule has 0 unspecified atom stereocenters. The monoisotopic (exact) mass is 1250 g/mol. The highest BCUT2D eigenvalue weighted by Gasteiger charge is 2.41. The van der Waals surface area contributed by atoms with Gasteiger partial charge in [-0.3, -0.25) is 0 Å². The Bertz CT molecular complexity index is 4600. The fraction of sp³-hybridized carbons (Fsp3) is 0.143. The Kier molecular flexibility index (Phi) is 14.2. The van der Waals surface area contributed by atoms with Crippen LogP contribution < -0.4 is 0 Å². The van der Waals surface area contributed by atoms with Crippen molar-refractivity contribution in [2.45, 2.75) is 64.8 Å². The van der Waals surface area contributed by atoms with E-state index >= 15 is 26.3 Å². The third-order valence-corrected chi connectivity index (χ3v) is 16.3. The van der Waals surface area contributed by atoms with Gasteiger partial charge < -0.3 is 9.13 Å². The summed E-state index contributed by atoms with van der Waals surface area (Å²) < 4.78 is 270. The zero-order valence-corrected chi connectivity index (χ0v) is 47.0. The Morgan fingerprint density at radius 1 is 0.233 bits per heavy atom. The minimum Gasteiger partial charge on any atom is -0.309 e. The van der Waals surface area contributed by atoms with E-state index in [0.29, 0.717) is 33.7 Å². The van der Waals surface area contributed by atoms with Crippen molar-refractivity contribution in [2.75, 3.05) is 0 Å². The Morgan fingerprint density at radius 2 is 0.522 bits per heavy atom. The third kappa shape index (κ3) is 10.9. The van der Waals surface area contributed by atoms with Gasteiger partial charge in [0.15, 0.2) is 0 Å². The molecule has 0 saturated heterocycles. The van der Waals surface area contributed by atoms with Crippen LogP contribution >= 0.6 is 0 Å². The van der Waals surface area contributed by atoms with Crippen molar-refractivity contribution in [2.24, 2.45) is 0 Å². The zero-order chi connectivity index (χ0) is 64.7. The van der Waals surface area contributed by atoms with Crippen LogP contribution in [0.15, 0.2) is 182 Å². The van der Waals surface area contributed by atoms with Crippen LogP contribution in [0.25, 0.3) is 111 Å². The molecule has 0 amide bonds. The van der Waals surface area contributed by atoms with Crippen LogP contribution in [0, 0.1) is 27.7 Å². The standard InChI is InChI=1S/C70H42F18N2/c1-35-5-15-49(59(25-35)69(83,84)85)41-9-19-53-51-17-7-39(47-21-11-43(27-37(47)3)65(71,72)73)29-61(51)89(63(53)31-41)45-13-23-57(67(77,78)79)55(33-45)56-34-46(14-24-58(56)68(80,81)82)90-62-30-40(48-22-12-44(28-38(48)4)66(74,75)76)8-18-52(62)54-20-10-42(32-64(54)90)50-16-6-36(2)26-60(50)70(86,87)88/h5-34H,1-4H3. The number of hydrogen-bond donors (Lipinski definition) is 0. The fourth-order valence-electron chi connectivity index (χ4n) is 12.2. The fourth-order valence-corrected chi connectivity index (χ4v) is 12.2. The van der Waals surface area contributed by atoms with E-state index in [1.807, 2.05) is 0 Å². The highest BCUT2D eigenvalue weighted by atomic mass is 19.4. The molecule has 0 spiro atoms. The van der Waals surface area contributed by atoms with Crippen molar-refractivity contribution in [3.05, 3.63) is 238 Å². The number of alkyl halides is 18. The van der Waals surface area contributed by atoms with Crippen molar-refractivity contribution < 1.29 is 79.0 Å². The predicted molar refractivity (Wildman–Crippen MR) is 311 cm³/mol. The van der Waals surface area contributed by atoms with Gasteiger partial charge in [0.1, 0.15) is 0 Å². The molecule has 0 bridgehead atoms. The molecule has 90 heavy (non-hydrogen) atoms. The van der Waals surface area contributed by atoms with E-state index < -0.39 is 81.6 Å². The molecule has 458 valence electrons. The van der Waals surface area contributed by atoms with Crippen LogP contribution in [-0.4, -0.2) is 9.13 Å². The number of aromatic nitrogens is 2. The van der Waals surface area contributed by atoms with Gasteiger partial charge in [-0.15, -0.1) is 0 Å². The molecule has 12 aromatic rings. The van der Waals surface area contributed by atoms with Crippen LogP contribution in [0.4, 0.5) is 79.0 Å². The van der Waals surface area contributed by atoms with Crippen molar-refractivity contribution >= 4 is 43.6 Å². The molecule has 12 rings (SSSR count). The Labute approximate surface area is 499 Å². The van der Waals surface area contributed by atoms with Gasteiger partial charge in [-0.05, 0) is 192 Å². The van der Waals surface area contributed by atoms with E-state index in [-0.39, 0.29) is 100 Å². The quantitative estimate of drug-likeness (QED) is 0.141. The summed E-state index contributed by atoms with van der Waals surface area (Å²) in [7, 11) is 0. The minimum absolute atomic E-state index is 0.0279. The first-order chi connectivity index (χ1) is 42.0. The van der Waals surface area contributed by atoms with Crippen molar-refractivity contribution in [3.8, 4) is 67.0 Å². The summed E-state index contributed by atoms with van der Waals surface area (Å²) in [5, 5.41) is 1.26. The van der Waals surface area contributed by atoms with Crippen molar-refractivity contribution in [1.29, 1.82) is 0 Å². The van der Waals surface area contributed by atoms with Gasteiger partial charge in [0.2, 0.25) is 0 Å². The molecule has 2 heterocycles. The lowest BCUT2D eigenvalue weighted by Crippen LogP contribution is -2.12. The average molecular weight is 1250 g/mol. The zero-order valence-electron chi connectivity index (χ0n) is 47.0. The molecule has 0 aliphatic carbocycles. The van der Waals surface area contributed by atoms with E-state index in [9.17, 15) is 52.7 Å². The van der Waals surface area contributed by atoms with Crippen LogP contribution in [0.5, 0.6) is 0 Å². The topological polar surface area (TPSA) is 9.86 Å². The van der Waals surface area contributed by atoms with Gasteiger partial charge in [-0.2, -0.15) is 79.0 Å². The number of nitrogens with zero attached hydrogens (tertiary/aromatic N) is 2. The summed E-state index contributed by atoms with van der Waals surface area (Å²) >= 11 is 0. The number of hydrogen-bond acceptors (Lipinski definition) is 0. The Balaban J connectivity index is 1.15. The van der Waals surface area contributed by atoms with Gasteiger partial charge in [-0.1, -0.05) is 96.1 Å². The summed E-state index contributed by atoms with van der Waals surface area (Å²) in [5.41, 5.74) is -8.22. The molecule has 10 aromatic carbocycles. The lowest BCUT2D eigenvalue weighted by Gasteiger charge is -2.21. The molecule has 0 radical (unpaired) electrons. The highest BCUT2D eigenvalue weighted by molar-refractivity contribution is 6.13. The van der Waals surface area contributed by atoms with Gasteiger partial charge in [0, 0.05) is 32.9 Å². The van der Waals surface area contributed by atoms with Crippen LogP contribution in [0.2, 0.25) is 0 Å². The van der Waals surface area contributed by atoms with Gasteiger partial charge >= 0.3 is 37.1 Å². The summed E-state index contributed by atoms with van der Waals surface area (Å²) in [6.07, 6.45) is -30.1. The molecule has 0 atom stereocenters. The van der Waals surface area contributed by atoms with E-state index in [1.165, 1.54) is 122 Å². The second-order valence-corrected chi connectivity index (χ2v) is 22.2. The molecule has 2 nitrogen and oxygen atoms in total. The lowest BCUT2D eigenvalue weighted by molar-refractivity contribution is -0.139. The number of halogens is 18. The Hall–Kier alpha value is -9.46. The normalized spacial score (nSPS) is 13.0. The van der Waals surface area contributed by atoms with E-state index in [2.05, 4.69) is 0 Å². The number of benzene rings is 10. The highest BCUT2D eigenvalue weighted by Crippen LogP contribution is 2.49. The van der Waals surface area contributed by atoms with Crippen molar-refractivity contribution in [3.63, 3.8) is 0 Å². The molecule has 0 fully saturated rings. The maximum Gasteiger partial charge on any atom is 0.417 e. The minimum atomic E-state index is -5.41. The third-order valence-electron chi connectivity index (χ3n) is 16.3. The molecule has 2 aromatic heterocycles. The number of fused-ring (bicyclic) bond motifs is 6. The predicted octanol–water partition coefficient (Wildman–Crippen LogP) is 23.6. The first kappa shape index (κ1) is 60.8. The lowest BCUT2D eigenvalue weighted by atomic mass is 9.93. The van der Waals surface area contributed by atoms with E-state index in [4.69, 9.17) is 0 Å². The maximum absolute atomic E-state index is 15.8. The largest absolute Gasteiger partial charge is 0.417 e. The van der Waals surface area contributed by atoms with E-state index in [0.717, 1.165) is 60.7 Å².